The maximum absolute atomic E-state index is 12.3. The van der Waals surface area contributed by atoms with Crippen molar-refractivity contribution < 1.29 is 19.4 Å². The number of nitrogens with one attached hydrogen (secondary N) is 1. The zero-order chi connectivity index (χ0) is 19.1. The SMILES string of the molecule is O=C(O)C(=Cc1ccccc1Oc1ccccc1)NC(=O)c1ccccc1. The Labute approximate surface area is 156 Å². The van der Waals surface area contributed by atoms with E-state index in [2.05, 4.69) is 5.32 Å². The molecule has 0 unspecified atom stereocenters. The predicted molar refractivity (Wildman–Crippen MR) is 102 cm³/mol. The van der Waals surface area contributed by atoms with Crippen molar-refractivity contribution in [3.63, 3.8) is 0 Å². The molecule has 1 amide bonds. The minimum Gasteiger partial charge on any atom is -0.477 e. The predicted octanol–water partition coefficient (Wildman–Crippen LogP) is 4.33. The fourth-order valence-corrected chi connectivity index (χ4v) is 2.40. The summed E-state index contributed by atoms with van der Waals surface area (Å²) in [5.41, 5.74) is 0.665. The molecule has 0 spiro atoms. The molecule has 0 atom stereocenters. The van der Waals surface area contributed by atoms with E-state index in [1.807, 2.05) is 18.2 Å². The lowest BCUT2D eigenvalue weighted by Crippen LogP contribution is -2.27. The van der Waals surface area contributed by atoms with E-state index in [1.54, 1.807) is 66.7 Å². The van der Waals surface area contributed by atoms with E-state index in [-0.39, 0.29) is 5.70 Å². The molecule has 2 N–H and O–H groups in total. The third-order valence-corrected chi connectivity index (χ3v) is 3.70. The Morgan fingerprint density at radius 3 is 2.07 bits per heavy atom. The van der Waals surface area contributed by atoms with Crippen molar-refractivity contribution in [3.8, 4) is 11.5 Å². The molecule has 0 aliphatic carbocycles. The van der Waals surface area contributed by atoms with Crippen molar-refractivity contribution in [2.45, 2.75) is 0 Å². The maximum Gasteiger partial charge on any atom is 0.352 e. The van der Waals surface area contributed by atoms with Gasteiger partial charge in [0.2, 0.25) is 0 Å². The number of carboxylic acid groups (broad SMARTS) is 1. The zero-order valence-corrected chi connectivity index (χ0v) is 14.3. The van der Waals surface area contributed by atoms with Crippen molar-refractivity contribution >= 4 is 18.0 Å². The van der Waals surface area contributed by atoms with Gasteiger partial charge in [0.05, 0.1) is 0 Å². The summed E-state index contributed by atoms with van der Waals surface area (Å²) in [7, 11) is 0. The van der Waals surface area contributed by atoms with E-state index < -0.39 is 11.9 Å². The number of aliphatic carboxylic acids is 1. The normalized spacial score (nSPS) is 10.9. The molecular formula is C22H17NO4. The van der Waals surface area contributed by atoms with Crippen LogP contribution in [0.3, 0.4) is 0 Å². The highest BCUT2D eigenvalue weighted by atomic mass is 16.5. The molecule has 0 aromatic heterocycles. The zero-order valence-electron chi connectivity index (χ0n) is 14.3. The molecule has 3 aromatic rings. The second kappa shape index (κ2) is 8.49. The molecule has 0 radical (unpaired) electrons. The van der Waals surface area contributed by atoms with E-state index in [0.717, 1.165) is 0 Å². The molecule has 0 saturated heterocycles. The highest BCUT2D eigenvalue weighted by Gasteiger charge is 2.14. The molecule has 3 aromatic carbocycles. The van der Waals surface area contributed by atoms with Crippen LogP contribution >= 0.6 is 0 Å². The molecule has 27 heavy (non-hydrogen) atoms. The number of ether oxygens (including phenoxy) is 1. The third kappa shape index (κ3) is 4.83. The number of carbonyl (C=O) groups is 2. The Morgan fingerprint density at radius 1 is 0.815 bits per heavy atom. The number of para-hydroxylation sites is 2. The molecule has 0 aliphatic heterocycles. The first-order valence-corrected chi connectivity index (χ1v) is 8.27. The fourth-order valence-electron chi connectivity index (χ4n) is 2.40. The molecule has 0 aliphatic rings. The van der Waals surface area contributed by atoms with Gasteiger partial charge in [0, 0.05) is 11.1 Å². The summed E-state index contributed by atoms with van der Waals surface area (Å²) < 4.78 is 5.83. The first kappa shape index (κ1) is 17.9. The van der Waals surface area contributed by atoms with Gasteiger partial charge < -0.3 is 15.2 Å². The molecule has 0 bridgehead atoms. The maximum atomic E-state index is 12.3. The van der Waals surface area contributed by atoms with Crippen LogP contribution < -0.4 is 10.1 Å². The van der Waals surface area contributed by atoms with Crippen LogP contribution in [0.1, 0.15) is 15.9 Å². The monoisotopic (exact) mass is 359 g/mol. The van der Waals surface area contributed by atoms with Gasteiger partial charge >= 0.3 is 5.97 Å². The lowest BCUT2D eigenvalue weighted by molar-refractivity contribution is -0.132. The van der Waals surface area contributed by atoms with E-state index >= 15 is 0 Å². The van der Waals surface area contributed by atoms with E-state index in [4.69, 9.17) is 4.74 Å². The standard InChI is InChI=1S/C22H17NO4/c24-21(16-9-3-1-4-10-16)23-19(22(25)26)15-17-11-7-8-14-20(17)27-18-12-5-2-6-13-18/h1-15H,(H,23,24)(H,25,26). The van der Waals surface area contributed by atoms with Crippen LogP contribution in [0, 0.1) is 0 Å². The van der Waals surface area contributed by atoms with Gasteiger partial charge in [-0.05, 0) is 36.4 Å². The second-order valence-corrected chi connectivity index (χ2v) is 5.64. The number of hydrogen-bond donors (Lipinski definition) is 2. The molecule has 5 heteroatoms. The number of rotatable bonds is 6. The highest BCUT2D eigenvalue weighted by Crippen LogP contribution is 2.26. The minimum absolute atomic E-state index is 0.243. The number of benzene rings is 3. The lowest BCUT2D eigenvalue weighted by Gasteiger charge is -2.10. The number of carboxylic acids is 1. The van der Waals surface area contributed by atoms with Crippen LogP contribution in [0.5, 0.6) is 11.5 Å². The van der Waals surface area contributed by atoms with Gasteiger partial charge in [-0.1, -0.05) is 54.6 Å². The van der Waals surface area contributed by atoms with E-state index in [0.29, 0.717) is 22.6 Å². The fraction of sp³-hybridized carbons (Fsp3) is 0. The molecular weight excluding hydrogens is 342 g/mol. The summed E-state index contributed by atoms with van der Waals surface area (Å²) in [6, 6.07) is 24.6. The van der Waals surface area contributed by atoms with E-state index in [9.17, 15) is 14.7 Å². The van der Waals surface area contributed by atoms with Crippen LogP contribution in [-0.2, 0) is 4.79 Å². The Balaban J connectivity index is 1.88. The summed E-state index contributed by atoms with van der Waals surface area (Å²) in [5, 5.41) is 11.9. The molecule has 0 heterocycles. The molecule has 0 fully saturated rings. The van der Waals surface area contributed by atoms with Gasteiger partial charge in [-0.25, -0.2) is 4.79 Å². The summed E-state index contributed by atoms with van der Waals surface area (Å²) in [5.74, 6) is -0.625. The topological polar surface area (TPSA) is 75.6 Å². The molecule has 134 valence electrons. The average Bonchev–Trinajstić information content (AvgIpc) is 2.70. The van der Waals surface area contributed by atoms with Crippen LogP contribution in [-0.4, -0.2) is 17.0 Å². The Hall–Kier alpha value is -3.86. The average molecular weight is 359 g/mol. The number of carbonyl (C=O) groups excluding carboxylic acids is 1. The molecule has 3 rings (SSSR count). The summed E-state index contributed by atoms with van der Waals surface area (Å²) in [6.45, 7) is 0. The first-order valence-electron chi connectivity index (χ1n) is 8.27. The van der Waals surface area contributed by atoms with Crippen LogP contribution in [0.15, 0.2) is 90.6 Å². The quantitative estimate of drug-likeness (QED) is 0.642. The van der Waals surface area contributed by atoms with E-state index in [1.165, 1.54) is 6.08 Å². The van der Waals surface area contributed by atoms with Gasteiger partial charge in [0.25, 0.3) is 5.91 Å². The second-order valence-electron chi connectivity index (χ2n) is 5.64. The van der Waals surface area contributed by atoms with Gasteiger partial charge in [0.15, 0.2) is 0 Å². The first-order chi connectivity index (χ1) is 13.1. The third-order valence-electron chi connectivity index (χ3n) is 3.70. The van der Waals surface area contributed by atoms with Crippen molar-refractivity contribution in [1.82, 2.24) is 5.32 Å². The van der Waals surface area contributed by atoms with Crippen molar-refractivity contribution in [3.05, 3.63) is 102 Å². The van der Waals surface area contributed by atoms with Crippen LogP contribution in [0.2, 0.25) is 0 Å². The van der Waals surface area contributed by atoms with Crippen molar-refractivity contribution in [1.29, 1.82) is 0 Å². The summed E-state index contributed by atoms with van der Waals surface area (Å²) in [6.07, 6.45) is 1.38. The largest absolute Gasteiger partial charge is 0.477 e. The highest BCUT2D eigenvalue weighted by molar-refractivity contribution is 6.02. The minimum atomic E-state index is -1.24. The van der Waals surface area contributed by atoms with Gasteiger partial charge in [-0.15, -0.1) is 0 Å². The van der Waals surface area contributed by atoms with Crippen molar-refractivity contribution in [2.75, 3.05) is 0 Å². The summed E-state index contributed by atoms with van der Waals surface area (Å²) in [4.78, 5) is 23.9. The van der Waals surface area contributed by atoms with Crippen LogP contribution in [0.25, 0.3) is 6.08 Å². The molecule has 0 saturated carbocycles. The van der Waals surface area contributed by atoms with Gasteiger partial charge in [-0.2, -0.15) is 0 Å². The summed E-state index contributed by atoms with van der Waals surface area (Å²) >= 11 is 0. The molecule has 5 nitrogen and oxygen atoms in total. The smallest absolute Gasteiger partial charge is 0.352 e. The number of hydrogen-bond acceptors (Lipinski definition) is 3. The van der Waals surface area contributed by atoms with Crippen LogP contribution in [0.4, 0.5) is 0 Å². The Kier molecular flexibility index (Phi) is 5.64. The number of amides is 1. The van der Waals surface area contributed by atoms with Gasteiger partial charge in [-0.3, -0.25) is 4.79 Å². The van der Waals surface area contributed by atoms with Crippen molar-refractivity contribution in [2.24, 2.45) is 0 Å². The Bertz CT molecular complexity index is 966. The lowest BCUT2D eigenvalue weighted by atomic mass is 10.1. The van der Waals surface area contributed by atoms with Gasteiger partial charge in [0.1, 0.15) is 17.2 Å². The Morgan fingerprint density at radius 2 is 1.41 bits per heavy atom.